The first kappa shape index (κ1) is 18.0. The molecule has 0 saturated carbocycles. The van der Waals surface area contributed by atoms with Crippen molar-refractivity contribution in [2.45, 2.75) is 84.0 Å². The Morgan fingerprint density at radius 1 is 1.13 bits per heavy atom. The van der Waals surface area contributed by atoms with Gasteiger partial charge in [-0.15, -0.1) is 0 Å². The van der Waals surface area contributed by atoms with Gasteiger partial charge >= 0.3 is 6.09 Å². The Kier molecular flexibility index (Phi) is 4.95. The summed E-state index contributed by atoms with van der Waals surface area (Å²) >= 11 is 0. The first-order valence-corrected chi connectivity index (χ1v) is 8.54. The number of hydrogen-bond donors (Lipinski definition) is 2. The van der Waals surface area contributed by atoms with Gasteiger partial charge in [0.2, 0.25) is 5.91 Å². The molecule has 0 aromatic rings. The van der Waals surface area contributed by atoms with Crippen molar-refractivity contribution in [1.29, 1.82) is 0 Å². The smallest absolute Gasteiger partial charge is 0.410 e. The van der Waals surface area contributed by atoms with Crippen LogP contribution in [0, 0.1) is 5.41 Å². The van der Waals surface area contributed by atoms with Crippen molar-refractivity contribution in [3.63, 3.8) is 0 Å². The van der Waals surface area contributed by atoms with Crippen LogP contribution in [0.3, 0.4) is 0 Å². The highest BCUT2D eigenvalue weighted by Gasteiger charge is 2.45. The van der Waals surface area contributed by atoms with Crippen LogP contribution < -0.4 is 11.1 Å². The third-order valence-electron chi connectivity index (χ3n) is 4.84. The van der Waals surface area contributed by atoms with Crippen molar-refractivity contribution in [3.05, 3.63) is 0 Å². The average Bonchev–Trinajstić information content (AvgIpc) is 2.66. The predicted molar refractivity (Wildman–Crippen MR) is 88.9 cm³/mol. The fraction of sp³-hybridized carbons (Fsp3) is 0.882. The van der Waals surface area contributed by atoms with Crippen LogP contribution in [0.2, 0.25) is 0 Å². The molecule has 0 aliphatic carbocycles. The largest absolute Gasteiger partial charge is 0.444 e. The number of carbonyl (C=O) groups is 2. The normalized spacial score (nSPS) is 27.9. The van der Waals surface area contributed by atoms with E-state index >= 15 is 0 Å². The minimum Gasteiger partial charge on any atom is -0.444 e. The first-order valence-electron chi connectivity index (χ1n) is 8.54. The Morgan fingerprint density at radius 2 is 1.65 bits per heavy atom. The Morgan fingerprint density at radius 3 is 2.09 bits per heavy atom. The molecule has 2 unspecified atom stereocenters. The van der Waals surface area contributed by atoms with E-state index < -0.39 is 11.0 Å². The number of hydrogen-bond acceptors (Lipinski definition) is 4. The summed E-state index contributed by atoms with van der Waals surface area (Å²) in [7, 11) is 0. The molecule has 2 saturated heterocycles. The maximum absolute atomic E-state index is 12.4. The Bertz CT molecular complexity index is 456. The van der Waals surface area contributed by atoms with Gasteiger partial charge in [-0.2, -0.15) is 0 Å². The van der Waals surface area contributed by atoms with Crippen LogP contribution in [-0.2, 0) is 9.53 Å². The topological polar surface area (TPSA) is 84.7 Å². The zero-order valence-corrected chi connectivity index (χ0v) is 15.0. The van der Waals surface area contributed by atoms with Gasteiger partial charge in [-0.3, -0.25) is 4.79 Å². The van der Waals surface area contributed by atoms with Crippen molar-refractivity contribution in [2.75, 3.05) is 6.54 Å². The van der Waals surface area contributed by atoms with Gasteiger partial charge < -0.3 is 20.7 Å². The second-order valence-electron chi connectivity index (χ2n) is 8.57. The third kappa shape index (κ3) is 4.37. The van der Waals surface area contributed by atoms with Crippen LogP contribution in [0.25, 0.3) is 0 Å². The molecule has 23 heavy (non-hydrogen) atoms. The van der Waals surface area contributed by atoms with Gasteiger partial charge in [0.05, 0.1) is 5.41 Å². The van der Waals surface area contributed by atoms with E-state index in [0.717, 1.165) is 25.7 Å². The summed E-state index contributed by atoms with van der Waals surface area (Å²) in [5.41, 5.74) is 4.41. The van der Waals surface area contributed by atoms with E-state index in [9.17, 15) is 9.59 Å². The summed E-state index contributed by atoms with van der Waals surface area (Å²) in [6.45, 7) is 9.96. The molecule has 2 aliphatic heterocycles. The maximum atomic E-state index is 12.4. The number of fused-ring (bicyclic) bond motifs is 2. The Hall–Kier alpha value is -1.30. The van der Waals surface area contributed by atoms with Crippen molar-refractivity contribution in [2.24, 2.45) is 11.1 Å². The molecule has 2 atom stereocenters. The number of nitrogens with two attached hydrogens (primary N) is 1. The quantitative estimate of drug-likeness (QED) is 0.828. The molecular weight excluding hydrogens is 294 g/mol. The zero-order chi connectivity index (χ0) is 17.4. The van der Waals surface area contributed by atoms with Crippen LogP contribution in [-0.4, -0.2) is 47.2 Å². The van der Waals surface area contributed by atoms with Crippen molar-refractivity contribution in [1.82, 2.24) is 10.2 Å². The number of primary amides is 1. The molecule has 6 nitrogen and oxygen atoms in total. The number of carbonyl (C=O) groups excluding carboxylic acids is 2. The molecular formula is C17H31N3O3. The first-order chi connectivity index (χ1) is 10.5. The number of nitrogens with zero attached hydrogens (tertiary/aromatic N) is 1. The fourth-order valence-corrected chi connectivity index (χ4v) is 3.44. The van der Waals surface area contributed by atoms with E-state index in [-0.39, 0.29) is 24.1 Å². The lowest BCUT2D eigenvalue weighted by molar-refractivity contribution is -0.125. The number of nitrogens with one attached hydrogen (secondary N) is 1. The van der Waals surface area contributed by atoms with Gasteiger partial charge in [-0.25, -0.2) is 4.79 Å². The summed E-state index contributed by atoms with van der Waals surface area (Å²) in [6.07, 6.45) is 3.68. The van der Waals surface area contributed by atoms with Gasteiger partial charge in [0.1, 0.15) is 5.60 Å². The minimum absolute atomic E-state index is 0.194. The number of piperidine rings is 1. The van der Waals surface area contributed by atoms with Crippen LogP contribution in [0.15, 0.2) is 0 Å². The molecule has 0 aromatic heterocycles. The van der Waals surface area contributed by atoms with Gasteiger partial charge in [0.25, 0.3) is 0 Å². The summed E-state index contributed by atoms with van der Waals surface area (Å²) in [5.74, 6) is -0.292. The molecule has 2 aliphatic rings. The highest BCUT2D eigenvalue weighted by molar-refractivity contribution is 5.80. The molecule has 2 heterocycles. The van der Waals surface area contributed by atoms with Gasteiger partial charge in [0, 0.05) is 24.7 Å². The van der Waals surface area contributed by atoms with Gasteiger partial charge in [-0.05, 0) is 60.3 Å². The molecule has 0 radical (unpaired) electrons. The predicted octanol–water partition coefficient (Wildman–Crippen LogP) is 2.02. The number of rotatable bonds is 4. The second kappa shape index (κ2) is 6.30. The van der Waals surface area contributed by atoms with E-state index in [1.165, 1.54) is 0 Å². The molecule has 0 aromatic carbocycles. The zero-order valence-electron chi connectivity index (χ0n) is 15.0. The van der Waals surface area contributed by atoms with Crippen LogP contribution in [0.4, 0.5) is 4.79 Å². The molecule has 2 fully saturated rings. The molecule has 6 heteroatoms. The lowest BCUT2D eigenvalue weighted by atomic mass is 9.90. The van der Waals surface area contributed by atoms with E-state index in [1.807, 2.05) is 39.5 Å². The standard InChI is InChI=1S/C17H31N3O3/c1-16(2,3)23-15(22)20-12-6-7-13(20)9-11(8-12)19-10-17(4,5)14(18)21/h11-13,19H,6-10H2,1-5H3,(H2,18,21). The Balaban J connectivity index is 1.92. The summed E-state index contributed by atoms with van der Waals surface area (Å²) in [4.78, 5) is 25.8. The van der Waals surface area contributed by atoms with Crippen molar-refractivity contribution in [3.8, 4) is 0 Å². The van der Waals surface area contributed by atoms with Crippen LogP contribution in [0.1, 0.15) is 60.3 Å². The number of ether oxygens (including phenoxy) is 1. The van der Waals surface area contributed by atoms with Gasteiger partial charge in [0.15, 0.2) is 0 Å². The molecule has 0 spiro atoms. The summed E-state index contributed by atoms with van der Waals surface area (Å²) in [5, 5.41) is 3.47. The van der Waals surface area contributed by atoms with E-state index in [4.69, 9.17) is 10.5 Å². The van der Waals surface area contributed by atoms with Crippen molar-refractivity contribution < 1.29 is 14.3 Å². The van der Waals surface area contributed by atoms with Crippen LogP contribution >= 0.6 is 0 Å². The third-order valence-corrected chi connectivity index (χ3v) is 4.84. The molecule has 132 valence electrons. The SMILES string of the molecule is CC(C)(C)OC(=O)N1C2CCC1CC(NCC(C)(C)C(N)=O)C2. The Labute approximate surface area is 139 Å². The highest BCUT2D eigenvalue weighted by Crippen LogP contribution is 2.37. The molecule has 3 N–H and O–H groups in total. The summed E-state index contributed by atoms with van der Waals surface area (Å²) < 4.78 is 5.54. The van der Waals surface area contributed by atoms with E-state index in [0.29, 0.717) is 12.6 Å². The highest BCUT2D eigenvalue weighted by atomic mass is 16.6. The average molecular weight is 325 g/mol. The van der Waals surface area contributed by atoms with E-state index in [2.05, 4.69) is 5.32 Å². The lowest BCUT2D eigenvalue weighted by Gasteiger charge is -2.40. The minimum atomic E-state index is -0.554. The number of amides is 2. The van der Waals surface area contributed by atoms with Crippen LogP contribution in [0.5, 0.6) is 0 Å². The van der Waals surface area contributed by atoms with Gasteiger partial charge in [-0.1, -0.05) is 0 Å². The second-order valence-corrected chi connectivity index (χ2v) is 8.57. The molecule has 2 amide bonds. The van der Waals surface area contributed by atoms with E-state index in [1.54, 1.807) is 0 Å². The molecule has 2 rings (SSSR count). The fourth-order valence-electron chi connectivity index (χ4n) is 3.44. The molecule has 2 bridgehead atoms. The maximum Gasteiger partial charge on any atom is 0.410 e. The lowest BCUT2D eigenvalue weighted by Crippen LogP contribution is -2.54. The monoisotopic (exact) mass is 325 g/mol. The summed E-state index contributed by atoms with van der Waals surface area (Å²) in [6, 6.07) is 0.792. The van der Waals surface area contributed by atoms with Crippen molar-refractivity contribution >= 4 is 12.0 Å².